The predicted octanol–water partition coefficient (Wildman–Crippen LogP) is 2.64. The fraction of sp³-hybridized carbons (Fsp3) is 0.417. The molecule has 1 N–H and O–H groups in total. The third-order valence-corrected chi connectivity index (χ3v) is 2.76. The van der Waals surface area contributed by atoms with E-state index in [4.69, 9.17) is 4.74 Å². The van der Waals surface area contributed by atoms with Crippen molar-refractivity contribution in [1.82, 2.24) is 5.32 Å². The number of ketones is 1. The van der Waals surface area contributed by atoms with Crippen LogP contribution in [0.4, 0.5) is 0 Å². The third kappa shape index (κ3) is 3.61. The second-order valence-corrected chi connectivity index (χ2v) is 4.66. The van der Waals surface area contributed by atoms with Crippen molar-refractivity contribution in [2.45, 2.75) is 19.9 Å². The van der Waals surface area contributed by atoms with Crippen LogP contribution in [0.3, 0.4) is 0 Å². The molecule has 0 aliphatic carbocycles. The van der Waals surface area contributed by atoms with E-state index in [2.05, 4.69) is 21.2 Å². The highest BCUT2D eigenvalue weighted by molar-refractivity contribution is 9.10. The van der Waals surface area contributed by atoms with Gasteiger partial charge in [-0.3, -0.25) is 4.79 Å². The Labute approximate surface area is 104 Å². The van der Waals surface area contributed by atoms with Crippen LogP contribution in [0.1, 0.15) is 24.2 Å². The van der Waals surface area contributed by atoms with E-state index in [0.29, 0.717) is 18.2 Å². The monoisotopic (exact) mass is 285 g/mol. The van der Waals surface area contributed by atoms with Crippen LogP contribution in [-0.4, -0.2) is 25.5 Å². The highest BCUT2D eigenvalue weighted by Crippen LogP contribution is 2.25. The minimum atomic E-state index is 0.0806. The van der Waals surface area contributed by atoms with Crippen LogP contribution in [0, 0.1) is 0 Å². The molecular formula is C12H16BrNO2. The molecule has 3 nitrogen and oxygen atoms in total. The average Bonchev–Trinajstić information content (AvgIpc) is 2.25. The Bertz CT molecular complexity index is 377. The van der Waals surface area contributed by atoms with Gasteiger partial charge in [0, 0.05) is 11.6 Å². The lowest BCUT2D eigenvalue weighted by molar-refractivity contribution is 0.0988. The van der Waals surface area contributed by atoms with Crippen LogP contribution in [-0.2, 0) is 0 Å². The number of ether oxygens (including phenoxy) is 1. The molecule has 0 heterocycles. The Balaban J connectivity index is 2.73. The largest absolute Gasteiger partial charge is 0.496 e. The van der Waals surface area contributed by atoms with Crippen LogP contribution < -0.4 is 10.1 Å². The Kier molecular flexibility index (Phi) is 4.96. The summed E-state index contributed by atoms with van der Waals surface area (Å²) in [4.78, 5) is 11.8. The first-order chi connectivity index (χ1) is 7.54. The maximum absolute atomic E-state index is 11.8. The maximum atomic E-state index is 11.8. The van der Waals surface area contributed by atoms with E-state index in [1.807, 2.05) is 13.8 Å². The van der Waals surface area contributed by atoms with E-state index < -0.39 is 0 Å². The minimum Gasteiger partial charge on any atom is -0.496 e. The topological polar surface area (TPSA) is 38.3 Å². The van der Waals surface area contributed by atoms with Crippen LogP contribution in [0.5, 0.6) is 5.75 Å². The quantitative estimate of drug-likeness (QED) is 0.846. The molecular weight excluding hydrogens is 270 g/mol. The zero-order chi connectivity index (χ0) is 12.1. The standard InChI is InChI=1S/C12H16BrNO2/c1-8(2)14-7-11(15)9-4-5-12(16-3)10(13)6-9/h4-6,8,14H,7H2,1-3H3. The smallest absolute Gasteiger partial charge is 0.176 e. The van der Waals surface area contributed by atoms with Gasteiger partial charge in [0.1, 0.15) is 5.75 Å². The van der Waals surface area contributed by atoms with E-state index in [1.165, 1.54) is 0 Å². The van der Waals surface area contributed by atoms with Crippen LogP contribution in [0.2, 0.25) is 0 Å². The van der Waals surface area contributed by atoms with E-state index >= 15 is 0 Å². The van der Waals surface area contributed by atoms with Crippen LogP contribution in [0.15, 0.2) is 22.7 Å². The molecule has 0 radical (unpaired) electrons. The number of carbonyl (C=O) groups is 1. The lowest BCUT2D eigenvalue weighted by Gasteiger charge is -2.08. The zero-order valence-corrected chi connectivity index (χ0v) is 11.3. The summed E-state index contributed by atoms with van der Waals surface area (Å²) in [6, 6.07) is 5.65. The van der Waals surface area contributed by atoms with E-state index in [-0.39, 0.29) is 5.78 Å². The molecule has 0 unspecified atom stereocenters. The number of methoxy groups -OCH3 is 1. The predicted molar refractivity (Wildman–Crippen MR) is 68.2 cm³/mol. The Morgan fingerprint density at radius 1 is 1.50 bits per heavy atom. The summed E-state index contributed by atoms with van der Waals surface area (Å²) in [5.74, 6) is 0.811. The van der Waals surface area contributed by atoms with E-state index in [9.17, 15) is 4.79 Å². The molecule has 0 saturated carbocycles. The molecule has 0 aromatic heterocycles. The molecule has 1 rings (SSSR count). The normalized spacial score (nSPS) is 10.6. The first-order valence-electron chi connectivity index (χ1n) is 5.14. The molecule has 88 valence electrons. The van der Waals surface area contributed by atoms with Gasteiger partial charge in [0.25, 0.3) is 0 Å². The van der Waals surface area contributed by atoms with E-state index in [1.54, 1.807) is 25.3 Å². The van der Waals surface area contributed by atoms with Crippen LogP contribution in [0.25, 0.3) is 0 Å². The minimum absolute atomic E-state index is 0.0806. The molecule has 0 fully saturated rings. The number of halogens is 1. The first kappa shape index (κ1) is 13.2. The fourth-order valence-corrected chi connectivity index (χ4v) is 1.78. The molecule has 4 heteroatoms. The van der Waals surface area contributed by atoms with E-state index in [0.717, 1.165) is 10.2 Å². The van der Waals surface area contributed by atoms with Gasteiger partial charge in [-0.05, 0) is 34.1 Å². The van der Waals surface area contributed by atoms with Crippen molar-refractivity contribution in [3.05, 3.63) is 28.2 Å². The summed E-state index contributed by atoms with van der Waals surface area (Å²) in [6.07, 6.45) is 0. The first-order valence-corrected chi connectivity index (χ1v) is 5.94. The van der Waals surface area contributed by atoms with Gasteiger partial charge in [0.15, 0.2) is 5.78 Å². The molecule has 0 aliphatic rings. The molecule has 0 saturated heterocycles. The Morgan fingerprint density at radius 2 is 2.19 bits per heavy atom. The van der Waals surface area contributed by atoms with Gasteiger partial charge in [0.05, 0.1) is 18.1 Å². The van der Waals surface area contributed by atoms with Gasteiger partial charge in [0.2, 0.25) is 0 Å². The van der Waals surface area contributed by atoms with Crippen molar-refractivity contribution in [2.24, 2.45) is 0 Å². The number of benzene rings is 1. The molecule has 0 aliphatic heterocycles. The summed E-state index contributed by atoms with van der Waals surface area (Å²) in [5.41, 5.74) is 0.681. The Hall–Kier alpha value is -0.870. The SMILES string of the molecule is COc1ccc(C(=O)CNC(C)C)cc1Br. The maximum Gasteiger partial charge on any atom is 0.176 e. The highest BCUT2D eigenvalue weighted by atomic mass is 79.9. The van der Waals surface area contributed by atoms with Crippen molar-refractivity contribution in [1.29, 1.82) is 0 Å². The van der Waals surface area contributed by atoms with Gasteiger partial charge in [-0.1, -0.05) is 13.8 Å². The molecule has 16 heavy (non-hydrogen) atoms. The average molecular weight is 286 g/mol. The molecule has 1 aromatic carbocycles. The zero-order valence-electron chi connectivity index (χ0n) is 9.71. The molecule has 0 spiro atoms. The van der Waals surface area contributed by atoms with Crippen molar-refractivity contribution in [2.75, 3.05) is 13.7 Å². The number of rotatable bonds is 5. The van der Waals surface area contributed by atoms with Crippen molar-refractivity contribution in [3.63, 3.8) is 0 Å². The summed E-state index contributed by atoms with van der Waals surface area (Å²) < 4.78 is 5.90. The van der Waals surface area contributed by atoms with Crippen molar-refractivity contribution < 1.29 is 9.53 Å². The number of carbonyl (C=O) groups excluding carboxylic acids is 1. The van der Waals surface area contributed by atoms with Gasteiger partial charge >= 0.3 is 0 Å². The van der Waals surface area contributed by atoms with Crippen molar-refractivity contribution in [3.8, 4) is 5.75 Å². The highest BCUT2D eigenvalue weighted by Gasteiger charge is 2.08. The van der Waals surface area contributed by atoms with Crippen molar-refractivity contribution >= 4 is 21.7 Å². The molecule has 0 amide bonds. The summed E-state index contributed by atoms with van der Waals surface area (Å²) in [7, 11) is 1.60. The fourth-order valence-electron chi connectivity index (χ4n) is 1.24. The summed E-state index contributed by atoms with van der Waals surface area (Å²) in [6.45, 7) is 4.38. The number of hydrogen-bond donors (Lipinski definition) is 1. The van der Waals surface area contributed by atoms with Gasteiger partial charge in [-0.15, -0.1) is 0 Å². The lowest BCUT2D eigenvalue weighted by atomic mass is 10.1. The lowest BCUT2D eigenvalue weighted by Crippen LogP contribution is -2.29. The molecule has 0 atom stereocenters. The molecule has 0 bridgehead atoms. The summed E-state index contributed by atoms with van der Waals surface area (Å²) >= 11 is 3.36. The number of Topliss-reactive ketones (excluding diaryl/α,β-unsaturated/α-hetero) is 1. The molecule has 1 aromatic rings. The Morgan fingerprint density at radius 3 is 2.69 bits per heavy atom. The number of hydrogen-bond acceptors (Lipinski definition) is 3. The third-order valence-electron chi connectivity index (χ3n) is 2.14. The van der Waals surface area contributed by atoms with Gasteiger partial charge in [-0.2, -0.15) is 0 Å². The number of nitrogens with one attached hydrogen (secondary N) is 1. The second kappa shape index (κ2) is 6.01. The van der Waals surface area contributed by atoms with Gasteiger partial charge in [-0.25, -0.2) is 0 Å². The van der Waals surface area contributed by atoms with Crippen LogP contribution >= 0.6 is 15.9 Å². The second-order valence-electron chi connectivity index (χ2n) is 3.81. The van der Waals surface area contributed by atoms with Gasteiger partial charge < -0.3 is 10.1 Å². The summed E-state index contributed by atoms with van der Waals surface area (Å²) in [5, 5.41) is 3.10.